The topological polar surface area (TPSA) is 66.4 Å². The van der Waals surface area contributed by atoms with Crippen LogP contribution in [0.5, 0.6) is 0 Å². The molecule has 0 aliphatic heterocycles. The smallest absolute Gasteiger partial charge is 0.308 e. The largest absolute Gasteiger partial charge is 0.481 e. The van der Waals surface area contributed by atoms with Crippen molar-refractivity contribution in [3.05, 3.63) is 11.1 Å². The van der Waals surface area contributed by atoms with E-state index in [1.807, 2.05) is 6.92 Å². The van der Waals surface area contributed by atoms with Crippen molar-refractivity contribution in [3.63, 3.8) is 0 Å². The second kappa shape index (κ2) is 4.90. The Labute approximate surface area is 101 Å². The first-order valence-electron chi connectivity index (χ1n) is 6.32. The van der Waals surface area contributed by atoms with Gasteiger partial charge < -0.3 is 10.4 Å². The third-order valence-corrected chi connectivity index (χ3v) is 3.92. The molecule has 0 heterocycles. The fourth-order valence-electron chi connectivity index (χ4n) is 2.89. The van der Waals surface area contributed by atoms with Gasteiger partial charge in [0, 0.05) is 11.6 Å². The number of allylic oxidation sites excluding steroid dienone is 1. The third kappa shape index (κ3) is 2.51. The van der Waals surface area contributed by atoms with Crippen molar-refractivity contribution in [3.8, 4) is 0 Å². The zero-order chi connectivity index (χ0) is 12.4. The number of rotatable bonds is 3. The molecule has 0 aromatic rings. The number of carbonyl (C=O) groups is 2. The molecule has 0 spiro atoms. The fraction of sp³-hybridized carbons (Fsp3) is 0.692. The Morgan fingerprint density at radius 2 is 2.00 bits per heavy atom. The van der Waals surface area contributed by atoms with Crippen LogP contribution in [0.2, 0.25) is 0 Å². The zero-order valence-corrected chi connectivity index (χ0v) is 10.2. The molecule has 0 bridgehead atoms. The first-order valence-corrected chi connectivity index (χ1v) is 6.32. The van der Waals surface area contributed by atoms with E-state index in [1.165, 1.54) is 0 Å². The van der Waals surface area contributed by atoms with Gasteiger partial charge >= 0.3 is 5.97 Å². The summed E-state index contributed by atoms with van der Waals surface area (Å²) in [6, 6.07) is -0.180. The molecule has 1 fully saturated rings. The Hall–Kier alpha value is -1.32. The van der Waals surface area contributed by atoms with E-state index in [-0.39, 0.29) is 11.9 Å². The van der Waals surface area contributed by atoms with Gasteiger partial charge in [0.25, 0.3) is 0 Å². The van der Waals surface area contributed by atoms with E-state index in [1.54, 1.807) is 0 Å². The summed E-state index contributed by atoms with van der Waals surface area (Å²) in [6.45, 7) is 1.99. The maximum atomic E-state index is 12.0. The number of carboxylic acid groups (broad SMARTS) is 1. The first kappa shape index (κ1) is 12.1. The van der Waals surface area contributed by atoms with Crippen LogP contribution < -0.4 is 5.32 Å². The van der Waals surface area contributed by atoms with Crippen LogP contribution in [0.25, 0.3) is 0 Å². The molecular weight excluding hydrogens is 218 g/mol. The van der Waals surface area contributed by atoms with Gasteiger partial charge in [0.2, 0.25) is 5.91 Å². The Morgan fingerprint density at radius 3 is 2.59 bits per heavy atom. The molecule has 2 rings (SSSR count). The number of nitrogens with one attached hydrogen (secondary N) is 1. The van der Waals surface area contributed by atoms with Crippen LogP contribution in [0.1, 0.15) is 45.4 Å². The van der Waals surface area contributed by atoms with Gasteiger partial charge in [-0.1, -0.05) is 12.0 Å². The summed E-state index contributed by atoms with van der Waals surface area (Å²) in [7, 11) is 0. The summed E-state index contributed by atoms with van der Waals surface area (Å²) in [5, 5.41) is 12.0. The molecular formula is C13H19NO3. The summed E-state index contributed by atoms with van der Waals surface area (Å²) in [6.07, 6.45) is 5.23. The molecule has 0 radical (unpaired) electrons. The molecule has 4 nitrogen and oxygen atoms in total. The molecule has 2 atom stereocenters. The average Bonchev–Trinajstić information content (AvgIpc) is 2.86. The van der Waals surface area contributed by atoms with Crippen LogP contribution in [0, 0.1) is 5.92 Å². The van der Waals surface area contributed by atoms with E-state index in [0.29, 0.717) is 6.42 Å². The van der Waals surface area contributed by atoms with Crippen LogP contribution in [0.3, 0.4) is 0 Å². The van der Waals surface area contributed by atoms with Crippen LogP contribution in [-0.2, 0) is 9.59 Å². The van der Waals surface area contributed by atoms with Gasteiger partial charge in [-0.25, -0.2) is 0 Å². The predicted molar refractivity (Wildman–Crippen MR) is 63.5 cm³/mol. The fourth-order valence-corrected chi connectivity index (χ4v) is 2.89. The Balaban J connectivity index is 1.99. The second-order valence-corrected chi connectivity index (χ2v) is 5.07. The highest BCUT2D eigenvalue weighted by molar-refractivity contribution is 5.95. The minimum atomic E-state index is -0.787. The van der Waals surface area contributed by atoms with Crippen molar-refractivity contribution < 1.29 is 14.7 Å². The SMILES string of the molecule is CC1=C(C(=O)N[C@@H]2CCC[C@@H]2C(=O)O)CCC1. The van der Waals surface area contributed by atoms with Gasteiger partial charge in [-0.2, -0.15) is 0 Å². The highest BCUT2D eigenvalue weighted by Crippen LogP contribution is 2.29. The Bertz CT molecular complexity index is 373. The predicted octanol–water partition coefficient (Wildman–Crippen LogP) is 1.86. The van der Waals surface area contributed by atoms with Crippen molar-refractivity contribution in [2.75, 3.05) is 0 Å². The highest BCUT2D eigenvalue weighted by atomic mass is 16.4. The molecule has 1 amide bonds. The molecule has 4 heteroatoms. The lowest BCUT2D eigenvalue weighted by Gasteiger charge is -2.18. The molecule has 2 aliphatic carbocycles. The second-order valence-electron chi connectivity index (χ2n) is 5.07. The summed E-state index contributed by atoms with van der Waals surface area (Å²) in [4.78, 5) is 23.0. The van der Waals surface area contributed by atoms with Crippen LogP contribution in [0.4, 0.5) is 0 Å². The summed E-state index contributed by atoms with van der Waals surface area (Å²) >= 11 is 0. The van der Waals surface area contributed by atoms with Crippen LogP contribution in [-0.4, -0.2) is 23.0 Å². The number of carbonyl (C=O) groups excluding carboxylic acids is 1. The lowest BCUT2D eigenvalue weighted by atomic mass is 10.0. The van der Waals surface area contributed by atoms with Crippen molar-refractivity contribution >= 4 is 11.9 Å². The molecule has 0 saturated heterocycles. The van der Waals surface area contributed by atoms with E-state index in [9.17, 15) is 9.59 Å². The van der Waals surface area contributed by atoms with Gasteiger partial charge in [0.15, 0.2) is 0 Å². The van der Waals surface area contributed by atoms with Gasteiger partial charge in [-0.05, 0) is 39.0 Å². The van der Waals surface area contributed by atoms with Gasteiger partial charge in [-0.3, -0.25) is 9.59 Å². The number of hydrogen-bond acceptors (Lipinski definition) is 2. The van der Waals surface area contributed by atoms with E-state index < -0.39 is 11.9 Å². The highest BCUT2D eigenvalue weighted by Gasteiger charge is 2.34. The van der Waals surface area contributed by atoms with E-state index in [2.05, 4.69) is 5.32 Å². The molecule has 0 unspecified atom stereocenters. The van der Waals surface area contributed by atoms with Crippen LogP contribution >= 0.6 is 0 Å². The van der Waals surface area contributed by atoms with Crippen molar-refractivity contribution in [1.82, 2.24) is 5.32 Å². The molecule has 94 valence electrons. The minimum Gasteiger partial charge on any atom is -0.481 e. The number of carboxylic acids is 1. The molecule has 17 heavy (non-hydrogen) atoms. The van der Waals surface area contributed by atoms with Crippen molar-refractivity contribution in [1.29, 1.82) is 0 Å². The van der Waals surface area contributed by atoms with E-state index in [4.69, 9.17) is 5.11 Å². The van der Waals surface area contributed by atoms with Gasteiger partial charge in [-0.15, -0.1) is 0 Å². The quantitative estimate of drug-likeness (QED) is 0.787. The van der Waals surface area contributed by atoms with Crippen LogP contribution in [0.15, 0.2) is 11.1 Å². The van der Waals surface area contributed by atoms with E-state index >= 15 is 0 Å². The Kier molecular flexibility index (Phi) is 3.50. The van der Waals surface area contributed by atoms with E-state index in [0.717, 1.165) is 43.3 Å². The van der Waals surface area contributed by atoms with Gasteiger partial charge in [0.1, 0.15) is 0 Å². The first-order chi connectivity index (χ1) is 8.09. The van der Waals surface area contributed by atoms with Crippen molar-refractivity contribution in [2.45, 2.75) is 51.5 Å². The standard InChI is InChI=1S/C13H19NO3/c1-8-4-2-5-9(8)12(15)14-11-7-3-6-10(11)13(16)17/h10-11H,2-7H2,1H3,(H,14,15)(H,16,17)/t10-,11+/m0/s1. The zero-order valence-electron chi connectivity index (χ0n) is 10.2. The third-order valence-electron chi connectivity index (χ3n) is 3.92. The number of aliphatic carboxylic acids is 1. The summed E-state index contributed by atoms with van der Waals surface area (Å²) in [5.41, 5.74) is 2.04. The molecule has 2 aliphatic rings. The normalized spacial score (nSPS) is 28.5. The molecule has 2 N–H and O–H groups in total. The lowest BCUT2D eigenvalue weighted by Crippen LogP contribution is -2.40. The molecule has 0 aromatic carbocycles. The average molecular weight is 237 g/mol. The monoisotopic (exact) mass is 237 g/mol. The summed E-state index contributed by atoms with van der Waals surface area (Å²) < 4.78 is 0. The summed E-state index contributed by atoms with van der Waals surface area (Å²) in [5.74, 6) is -1.23. The lowest BCUT2D eigenvalue weighted by molar-refractivity contribution is -0.142. The molecule has 1 saturated carbocycles. The van der Waals surface area contributed by atoms with Crippen molar-refractivity contribution in [2.24, 2.45) is 5.92 Å². The Morgan fingerprint density at radius 1 is 1.24 bits per heavy atom. The minimum absolute atomic E-state index is 0.0434. The van der Waals surface area contributed by atoms with Gasteiger partial charge in [0.05, 0.1) is 5.92 Å². The number of amides is 1. The number of hydrogen-bond donors (Lipinski definition) is 2. The molecule has 0 aromatic heterocycles. The maximum Gasteiger partial charge on any atom is 0.308 e. The maximum absolute atomic E-state index is 12.0.